The molecule has 0 spiro atoms. The molecule has 0 unspecified atom stereocenters. The van der Waals surface area contributed by atoms with Gasteiger partial charge in [0.05, 0.1) is 10.9 Å². The molecule has 5 heteroatoms. The lowest BCUT2D eigenvalue weighted by atomic mass is 10.3. The van der Waals surface area contributed by atoms with Crippen LogP contribution in [-0.2, 0) is 11.2 Å². The summed E-state index contributed by atoms with van der Waals surface area (Å²) in [6, 6.07) is 3.90. The first-order chi connectivity index (χ1) is 6.72. The van der Waals surface area contributed by atoms with Crippen LogP contribution in [0.4, 0.5) is 0 Å². The van der Waals surface area contributed by atoms with Gasteiger partial charge in [0.1, 0.15) is 0 Å². The van der Waals surface area contributed by atoms with Crippen LogP contribution in [0.3, 0.4) is 0 Å². The van der Waals surface area contributed by atoms with E-state index in [1.165, 1.54) is 4.88 Å². The van der Waals surface area contributed by atoms with E-state index < -0.39 is 0 Å². The lowest BCUT2D eigenvalue weighted by Gasteiger charge is -2.01. The first-order valence-electron chi connectivity index (χ1n) is 4.38. The molecule has 1 heterocycles. The average Bonchev–Trinajstić information content (AvgIpc) is 2.58. The van der Waals surface area contributed by atoms with Crippen molar-refractivity contribution in [2.45, 2.75) is 6.42 Å². The Morgan fingerprint density at radius 3 is 2.93 bits per heavy atom. The summed E-state index contributed by atoms with van der Waals surface area (Å²) in [5, 5.41) is 5.59. The first-order valence-corrected chi connectivity index (χ1v) is 5.57. The van der Waals surface area contributed by atoms with Gasteiger partial charge >= 0.3 is 0 Å². The second-order valence-corrected chi connectivity index (χ2v) is 4.61. The van der Waals surface area contributed by atoms with Gasteiger partial charge in [-0.05, 0) is 18.6 Å². The lowest BCUT2D eigenvalue weighted by Crippen LogP contribution is -2.32. The van der Waals surface area contributed by atoms with Gasteiger partial charge in [0.25, 0.3) is 0 Å². The number of halogens is 1. The fourth-order valence-corrected chi connectivity index (χ4v) is 2.08. The number of carbonyl (C=O) groups is 1. The van der Waals surface area contributed by atoms with E-state index in [2.05, 4.69) is 10.6 Å². The van der Waals surface area contributed by atoms with Gasteiger partial charge in [-0.3, -0.25) is 4.79 Å². The van der Waals surface area contributed by atoms with Gasteiger partial charge in [-0.1, -0.05) is 11.6 Å². The maximum atomic E-state index is 10.8. The Balaban J connectivity index is 2.13. The summed E-state index contributed by atoms with van der Waals surface area (Å²) >= 11 is 7.36. The molecule has 0 bridgehead atoms. The van der Waals surface area contributed by atoms with Crippen molar-refractivity contribution in [3.8, 4) is 0 Å². The molecule has 14 heavy (non-hydrogen) atoms. The molecule has 0 aliphatic rings. The molecule has 1 amide bonds. The zero-order valence-corrected chi connectivity index (χ0v) is 9.54. The molecule has 1 aromatic rings. The molecule has 0 atom stereocenters. The van der Waals surface area contributed by atoms with Crippen LogP contribution < -0.4 is 10.6 Å². The maximum Gasteiger partial charge on any atom is 0.233 e. The van der Waals surface area contributed by atoms with Crippen LogP contribution >= 0.6 is 22.9 Å². The Hall–Kier alpha value is -0.580. The van der Waals surface area contributed by atoms with Gasteiger partial charge < -0.3 is 10.6 Å². The molecule has 0 fully saturated rings. The number of amides is 1. The Kier molecular flexibility index (Phi) is 4.93. The second-order valence-electron chi connectivity index (χ2n) is 2.81. The van der Waals surface area contributed by atoms with Gasteiger partial charge in [0.2, 0.25) is 5.91 Å². The number of nitrogens with one attached hydrogen (secondary N) is 2. The van der Waals surface area contributed by atoms with Crippen molar-refractivity contribution >= 4 is 28.8 Å². The summed E-state index contributed by atoms with van der Waals surface area (Å²) in [4.78, 5) is 12.1. The van der Waals surface area contributed by atoms with Crippen LogP contribution in [-0.4, -0.2) is 26.0 Å². The molecule has 0 saturated carbocycles. The van der Waals surface area contributed by atoms with Crippen LogP contribution in [0, 0.1) is 0 Å². The number of hydrogen-bond acceptors (Lipinski definition) is 3. The second kappa shape index (κ2) is 6.01. The monoisotopic (exact) mass is 232 g/mol. The van der Waals surface area contributed by atoms with E-state index >= 15 is 0 Å². The van der Waals surface area contributed by atoms with E-state index in [0.717, 1.165) is 17.3 Å². The minimum atomic E-state index is 0.00853. The molecule has 0 aromatic carbocycles. The Morgan fingerprint density at radius 1 is 1.57 bits per heavy atom. The lowest BCUT2D eigenvalue weighted by molar-refractivity contribution is -0.119. The van der Waals surface area contributed by atoms with Crippen molar-refractivity contribution in [2.75, 3.05) is 20.1 Å². The van der Waals surface area contributed by atoms with E-state index in [9.17, 15) is 4.79 Å². The van der Waals surface area contributed by atoms with E-state index in [1.54, 1.807) is 18.4 Å². The van der Waals surface area contributed by atoms with E-state index in [4.69, 9.17) is 11.6 Å². The van der Waals surface area contributed by atoms with Gasteiger partial charge in [0, 0.05) is 18.5 Å². The highest BCUT2D eigenvalue weighted by molar-refractivity contribution is 7.16. The highest BCUT2D eigenvalue weighted by Gasteiger charge is 1.99. The summed E-state index contributed by atoms with van der Waals surface area (Å²) in [5.41, 5.74) is 0. The van der Waals surface area contributed by atoms with Gasteiger partial charge in [-0.2, -0.15) is 0 Å². The van der Waals surface area contributed by atoms with Crippen molar-refractivity contribution in [1.29, 1.82) is 0 Å². The standard InChI is InChI=1S/C9H13ClN2OS/c1-11-9(13)6-12-5-4-7-2-3-8(10)14-7/h2-3,12H,4-6H2,1H3,(H,11,13). The molecular formula is C9H13ClN2OS. The third kappa shape index (κ3) is 4.09. The Labute approximate surface area is 92.5 Å². The van der Waals surface area contributed by atoms with E-state index in [-0.39, 0.29) is 5.91 Å². The fraction of sp³-hybridized carbons (Fsp3) is 0.444. The van der Waals surface area contributed by atoms with Gasteiger partial charge in [0.15, 0.2) is 0 Å². The normalized spacial score (nSPS) is 10.1. The number of carbonyl (C=O) groups excluding carboxylic acids is 1. The summed E-state index contributed by atoms with van der Waals surface area (Å²) in [5.74, 6) is 0.00853. The van der Waals surface area contributed by atoms with E-state index in [0.29, 0.717) is 6.54 Å². The molecule has 0 radical (unpaired) electrons. The SMILES string of the molecule is CNC(=O)CNCCc1ccc(Cl)s1. The molecular weight excluding hydrogens is 220 g/mol. The van der Waals surface area contributed by atoms with Crippen LogP contribution in [0.1, 0.15) is 4.88 Å². The quantitative estimate of drug-likeness (QED) is 0.751. The zero-order chi connectivity index (χ0) is 10.4. The molecule has 1 rings (SSSR count). The predicted molar refractivity (Wildman–Crippen MR) is 60.0 cm³/mol. The van der Waals surface area contributed by atoms with Crippen molar-refractivity contribution in [2.24, 2.45) is 0 Å². The third-order valence-corrected chi connectivity index (χ3v) is 3.03. The average molecular weight is 233 g/mol. The molecule has 78 valence electrons. The summed E-state index contributed by atoms with van der Waals surface area (Å²) < 4.78 is 0.811. The van der Waals surface area contributed by atoms with Crippen molar-refractivity contribution in [3.63, 3.8) is 0 Å². The van der Waals surface area contributed by atoms with Gasteiger partial charge in [-0.15, -0.1) is 11.3 Å². The maximum absolute atomic E-state index is 10.8. The van der Waals surface area contributed by atoms with Gasteiger partial charge in [-0.25, -0.2) is 0 Å². The largest absolute Gasteiger partial charge is 0.358 e. The van der Waals surface area contributed by atoms with Crippen LogP contribution in [0.5, 0.6) is 0 Å². The highest BCUT2D eigenvalue weighted by Crippen LogP contribution is 2.21. The summed E-state index contributed by atoms with van der Waals surface area (Å²) in [7, 11) is 1.63. The van der Waals surface area contributed by atoms with E-state index in [1.807, 2.05) is 12.1 Å². The van der Waals surface area contributed by atoms with Crippen LogP contribution in [0.15, 0.2) is 12.1 Å². The van der Waals surface area contributed by atoms with Crippen molar-refractivity contribution in [3.05, 3.63) is 21.3 Å². The topological polar surface area (TPSA) is 41.1 Å². The summed E-state index contributed by atoms with van der Waals surface area (Å²) in [6.45, 7) is 1.17. The van der Waals surface area contributed by atoms with Crippen molar-refractivity contribution in [1.82, 2.24) is 10.6 Å². The number of likely N-dealkylation sites (N-methyl/N-ethyl adjacent to an activating group) is 1. The molecule has 0 saturated heterocycles. The Bertz CT molecular complexity index is 301. The molecule has 3 nitrogen and oxygen atoms in total. The zero-order valence-electron chi connectivity index (χ0n) is 7.97. The minimum absolute atomic E-state index is 0.00853. The first kappa shape index (κ1) is 11.5. The molecule has 0 aliphatic heterocycles. The Morgan fingerprint density at radius 2 is 2.36 bits per heavy atom. The third-order valence-electron chi connectivity index (χ3n) is 1.74. The number of thiophene rings is 1. The molecule has 2 N–H and O–H groups in total. The van der Waals surface area contributed by atoms with Crippen LogP contribution in [0.25, 0.3) is 0 Å². The fourth-order valence-electron chi connectivity index (χ4n) is 0.988. The minimum Gasteiger partial charge on any atom is -0.358 e. The van der Waals surface area contributed by atoms with Crippen LogP contribution in [0.2, 0.25) is 4.34 Å². The number of hydrogen-bond donors (Lipinski definition) is 2. The number of rotatable bonds is 5. The smallest absolute Gasteiger partial charge is 0.233 e. The molecule has 1 aromatic heterocycles. The predicted octanol–water partition coefficient (Wildman–Crippen LogP) is 1.28. The highest BCUT2D eigenvalue weighted by atomic mass is 35.5. The summed E-state index contributed by atoms with van der Waals surface area (Å²) in [6.07, 6.45) is 0.911. The molecule has 0 aliphatic carbocycles. The van der Waals surface area contributed by atoms with Crippen molar-refractivity contribution < 1.29 is 4.79 Å².